The van der Waals surface area contributed by atoms with Crippen LogP contribution in [0.3, 0.4) is 0 Å². The molecule has 0 aliphatic heterocycles. The van der Waals surface area contributed by atoms with Crippen LogP contribution in [0.4, 0.5) is 17.1 Å². The van der Waals surface area contributed by atoms with E-state index in [0.717, 1.165) is 5.56 Å². The van der Waals surface area contributed by atoms with Gasteiger partial charge in [0, 0.05) is 28.8 Å². The van der Waals surface area contributed by atoms with Crippen molar-refractivity contribution < 1.29 is 9.72 Å². The van der Waals surface area contributed by atoms with E-state index in [4.69, 9.17) is 0 Å². The molecule has 0 radical (unpaired) electrons. The number of nitro benzene ring substituents is 1. The van der Waals surface area contributed by atoms with Gasteiger partial charge in [-0.05, 0) is 36.4 Å². The molecule has 0 bridgehead atoms. The highest BCUT2D eigenvalue weighted by Crippen LogP contribution is 2.28. The van der Waals surface area contributed by atoms with Crippen molar-refractivity contribution in [1.29, 1.82) is 0 Å². The minimum atomic E-state index is -0.505. The second kappa shape index (κ2) is 10.0. The number of ketones is 1. The second-order valence-electron chi connectivity index (χ2n) is 8.06. The molecule has 0 fully saturated rings. The van der Waals surface area contributed by atoms with Gasteiger partial charge in [-0.15, -0.1) is 5.11 Å². The van der Waals surface area contributed by atoms with E-state index >= 15 is 0 Å². The van der Waals surface area contributed by atoms with Crippen molar-refractivity contribution in [2.45, 2.75) is 0 Å². The number of carbonyl (C=O) groups excluding carboxylic acids is 1. The number of nitrogens with one attached hydrogen (secondary N) is 1. The van der Waals surface area contributed by atoms with Crippen molar-refractivity contribution in [3.8, 4) is 16.9 Å². The maximum Gasteiger partial charge on any atom is 0.299 e. The van der Waals surface area contributed by atoms with Gasteiger partial charge < -0.3 is 0 Å². The van der Waals surface area contributed by atoms with Crippen LogP contribution >= 0.6 is 0 Å². The molecule has 0 amide bonds. The average Bonchev–Trinajstić information content (AvgIpc) is 3.28. The summed E-state index contributed by atoms with van der Waals surface area (Å²) in [5.74, 6) is -0.105. The number of non-ortho nitro benzene ring substituents is 1. The number of aromatic amines is 1. The van der Waals surface area contributed by atoms with Gasteiger partial charge >= 0.3 is 0 Å². The number of nitrogens with zero attached hydrogens (tertiary/aromatic N) is 4. The van der Waals surface area contributed by atoms with E-state index in [9.17, 15) is 19.7 Å². The van der Waals surface area contributed by atoms with Gasteiger partial charge in [-0.25, -0.2) is 4.68 Å². The van der Waals surface area contributed by atoms with Gasteiger partial charge in [0.25, 0.3) is 11.2 Å². The van der Waals surface area contributed by atoms with Crippen LogP contribution in [0.25, 0.3) is 16.9 Å². The molecule has 9 heteroatoms. The van der Waals surface area contributed by atoms with Crippen LogP contribution < -0.4 is 5.56 Å². The van der Waals surface area contributed by atoms with Crippen molar-refractivity contribution >= 4 is 22.8 Å². The fourth-order valence-electron chi connectivity index (χ4n) is 3.78. The first kappa shape index (κ1) is 23.3. The molecule has 0 aliphatic rings. The minimum absolute atomic E-state index is 0.0778. The number of carbonyl (C=O) groups is 1. The number of benzene rings is 4. The van der Waals surface area contributed by atoms with Gasteiger partial charge in [-0.3, -0.25) is 24.8 Å². The number of hydrogen-bond acceptors (Lipinski definition) is 6. The summed E-state index contributed by atoms with van der Waals surface area (Å²) in [6, 6.07) is 30.4. The smallest absolute Gasteiger partial charge is 0.289 e. The fourth-order valence-corrected chi connectivity index (χ4v) is 3.78. The van der Waals surface area contributed by atoms with Crippen LogP contribution in [-0.4, -0.2) is 20.5 Å². The van der Waals surface area contributed by atoms with Gasteiger partial charge in [0.2, 0.25) is 0 Å². The molecular formula is C28H19N5O4. The number of H-pyrrole nitrogens is 1. The summed E-state index contributed by atoms with van der Waals surface area (Å²) in [6.45, 7) is 0. The zero-order valence-corrected chi connectivity index (χ0v) is 19.3. The molecule has 9 nitrogen and oxygen atoms in total. The lowest BCUT2D eigenvalue weighted by atomic mass is 10.0. The molecular weight excluding hydrogens is 470 g/mol. The van der Waals surface area contributed by atoms with Crippen molar-refractivity contribution in [3.05, 3.63) is 141 Å². The van der Waals surface area contributed by atoms with Crippen LogP contribution in [0.2, 0.25) is 0 Å². The number of aromatic nitrogens is 2. The molecule has 5 rings (SSSR count). The van der Waals surface area contributed by atoms with Crippen LogP contribution in [0.15, 0.2) is 124 Å². The standard InChI is InChI=1S/C28H19N5O4/c34-27(20-9-5-2-6-10-20)21-11-13-22(14-12-21)29-30-26-25(19-7-3-1-4-8-19)31-32(28(26)35)23-15-17-24(18-16-23)33(36)37/h1-18,31H. The van der Waals surface area contributed by atoms with E-state index in [-0.39, 0.29) is 17.2 Å². The molecule has 0 saturated heterocycles. The van der Waals surface area contributed by atoms with Crippen LogP contribution in [0, 0.1) is 10.1 Å². The monoisotopic (exact) mass is 489 g/mol. The Kier molecular flexibility index (Phi) is 6.33. The highest BCUT2D eigenvalue weighted by molar-refractivity contribution is 6.09. The van der Waals surface area contributed by atoms with Crippen molar-refractivity contribution in [2.75, 3.05) is 0 Å². The van der Waals surface area contributed by atoms with E-state index in [0.29, 0.717) is 28.2 Å². The highest BCUT2D eigenvalue weighted by atomic mass is 16.6. The summed E-state index contributed by atoms with van der Waals surface area (Å²) in [7, 11) is 0. The third kappa shape index (κ3) is 4.87. The van der Waals surface area contributed by atoms with Crippen LogP contribution in [0.5, 0.6) is 0 Å². The van der Waals surface area contributed by atoms with Crippen LogP contribution in [0.1, 0.15) is 15.9 Å². The Morgan fingerprint density at radius 1 is 0.757 bits per heavy atom. The van der Waals surface area contributed by atoms with Crippen molar-refractivity contribution in [3.63, 3.8) is 0 Å². The van der Waals surface area contributed by atoms with E-state index in [1.165, 1.54) is 28.9 Å². The molecule has 4 aromatic carbocycles. The Balaban J connectivity index is 1.49. The topological polar surface area (TPSA) is 123 Å². The molecule has 1 heterocycles. The summed E-state index contributed by atoms with van der Waals surface area (Å²) in [4.78, 5) is 36.4. The lowest BCUT2D eigenvalue weighted by molar-refractivity contribution is -0.384. The molecule has 180 valence electrons. The second-order valence-corrected chi connectivity index (χ2v) is 8.06. The first-order valence-corrected chi connectivity index (χ1v) is 11.3. The summed E-state index contributed by atoms with van der Waals surface area (Å²) >= 11 is 0. The average molecular weight is 489 g/mol. The Labute approximate surface area is 210 Å². The zero-order chi connectivity index (χ0) is 25.8. The number of azo groups is 1. The molecule has 37 heavy (non-hydrogen) atoms. The number of nitro groups is 1. The summed E-state index contributed by atoms with van der Waals surface area (Å²) in [5, 5.41) is 22.5. The third-order valence-electron chi connectivity index (χ3n) is 5.68. The van der Waals surface area contributed by atoms with Gasteiger partial charge in [0.15, 0.2) is 11.5 Å². The molecule has 0 aliphatic carbocycles. The predicted octanol–water partition coefficient (Wildman–Crippen LogP) is 6.39. The zero-order valence-electron chi connectivity index (χ0n) is 19.3. The lowest BCUT2D eigenvalue weighted by Gasteiger charge is -2.02. The lowest BCUT2D eigenvalue weighted by Crippen LogP contribution is -2.13. The van der Waals surface area contributed by atoms with Gasteiger partial charge in [-0.1, -0.05) is 60.7 Å². The maximum absolute atomic E-state index is 13.3. The van der Waals surface area contributed by atoms with E-state index < -0.39 is 10.5 Å². The molecule has 1 N–H and O–H groups in total. The Morgan fingerprint density at radius 3 is 1.97 bits per heavy atom. The minimum Gasteiger partial charge on any atom is -0.289 e. The molecule has 1 aromatic heterocycles. The summed E-state index contributed by atoms with van der Waals surface area (Å²) in [5.41, 5.74) is 2.67. The summed E-state index contributed by atoms with van der Waals surface area (Å²) < 4.78 is 1.27. The van der Waals surface area contributed by atoms with E-state index in [1.54, 1.807) is 48.5 Å². The molecule has 0 atom stereocenters. The third-order valence-corrected chi connectivity index (χ3v) is 5.68. The fraction of sp³-hybridized carbons (Fsp3) is 0. The van der Waals surface area contributed by atoms with Gasteiger partial charge in [0.05, 0.1) is 22.0 Å². The van der Waals surface area contributed by atoms with Gasteiger partial charge in [-0.2, -0.15) is 5.11 Å². The quantitative estimate of drug-likeness (QED) is 0.123. The molecule has 0 spiro atoms. The number of rotatable bonds is 7. The Bertz CT molecular complexity index is 1650. The Hall–Kier alpha value is -5.44. The SMILES string of the molecule is O=C(c1ccccc1)c1ccc(N=Nc2c(-c3ccccc3)[nH]n(-c3ccc([N+](=O)[O-])cc3)c2=O)cc1. The van der Waals surface area contributed by atoms with Crippen molar-refractivity contribution in [1.82, 2.24) is 9.78 Å². The first-order valence-electron chi connectivity index (χ1n) is 11.3. The Morgan fingerprint density at radius 2 is 1.35 bits per heavy atom. The molecule has 0 saturated carbocycles. The van der Waals surface area contributed by atoms with Crippen molar-refractivity contribution in [2.24, 2.45) is 10.2 Å². The molecule has 0 unspecified atom stereocenters. The van der Waals surface area contributed by atoms with Gasteiger partial charge in [0.1, 0.15) is 0 Å². The van der Waals surface area contributed by atoms with E-state index in [1.807, 2.05) is 36.4 Å². The largest absolute Gasteiger partial charge is 0.299 e. The first-order chi connectivity index (χ1) is 18.0. The summed E-state index contributed by atoms with van der Waals surface area (Å²) in [6.07, 6.45) is 0. The molecule has 5 aromatic rings. The highest BCUT2D eigenvalue weighted by Gasteiger charge is 2.18. The maximum atomic E-state index is 13.3. The normalized spacial score (nSPS) is 11.0. The van der Waals surface area contributed by atoms with E-state index in [2.05, 4.69) is 15.3 Å². The predicted molar refractivity (Wildman–Crippen MR) is 139 cm³/mol. The number of hydrogen-bond donors (Lipinski definition) is 1. The van der Waals surface area contributed by atoms with Crippen LogP contribution in [-0.2, 0) is 0 Å².